The molecule has 25 heavy (non-hydrogen) atoms. The van der Waals surface area contributed by atoms with E-state index in [1.54, 1.807) is 35.5 Å². The number of aromatic nitrogens is 6. The smallest absolute Gasteiger partial charge is 0.254 e. The van der Waals surface area contributed by atoms with Crippen LogP contribution >= 0.6 is 0 Å². The van der Waals surface area contributed by atoms with E-state index in [0.717, 1.165) is 5.82 Å². The van der Waals surface area contributed by atoms with Gasteiger partial charge in [-0.05, 0) is 12.1 Å². The molecule has 4 rings (SSSR count). The molecule has 4 heterocycles. The van der Waals surface area contributed by atoms with Crippen molar-refractivity contribution >= 4 is 11.7 Å². The molecule has 1 amide bonds. The van der Waals surface area contributed by atoms with E-state index in [-0.39, 0.29) is 5.91 Å². The fourth-order valence-electron chi connectivity index (χ4n) is 2.78. The van der Waals surface area contributed by atoms with Crippen molar-refractivity contribution in [1.29, 1.82) is 0 Å². The van der Waals surface area contributed by atoms with E-state index in [4.69, 9.17) is 0 Å². The molecule has 0 N–H and O–H groups in total. The molecule has 0 unspecified atom stereocenters. The first-order valence-corrected chi connectivity index (χ1v) is 7.92. The summed E-state index contributed by atoms with van der Waals surface area (Å²) >= 11 is 0. The van der Waals surface area contributed by atoms with Gasteiger partial charge in [0.25, 0.3) is 5.91 Å². The van der Waals surface area contributed by atoms with Crippen molar-refractivity contribution in [2.75, 3.05) is 31.1 Å². The van der Waals surface area contributed by atoms with Gasteiger partial charge in [-0.3, -0.25) is 9.78 Å². The number of pyridine rings is 1. The molecule has 1 aliphatic rings. The zero-order valence-electron chi connectivity index (χ0n) is 13.4. The lowest BCUT2D eigenvalue weighted by atomic mass is 10.2. The van der Waals surface area contributed by atoms with Crippen LogP contribution in [0.2, 0.25) is 0 Å². The van der Waals surface area contributed by atoms with Crippen LogP contribution in [0.3, 0.4) is 0 Å². The van der Waals surface area contributed by atoms with Gasteiger partial charge >= 0.3 is 0 Å². The van der Waals surface area contributed by atoms with Gasteiger partial charge in [0.1, 0.15) is 24.8 Å². The predicted octanol–water partition coefficient (Wildman–Crippen LogP) is 0.415. The van der Waals surface area contributed by atoms with Crippen LogP contribution in [0.1, 0.15) is 10.4 Å². The molecule has 126 valence electrons. The maximum atomic E-state index is 12.5. The molecule has 3 aromatic rings. The first-order chi connectivity index (χ1) is 12.3. The molecule has 0 radical (unpaired) electrons. The zero-order chi connectivity index (χ0) is 17.1. The lowest BCUT2D eigenvalue weighted by molar-refractivity contribution is 0.0746. The van der Waals surface area contributed by atoms with Crippen molar-refractivity contribution in [2.24, 2.45) is 0 Å². The Kier molecular flexibility index (Phi) is 4.03. The minimum atomic E-state index is 0.0352. The van der Waals surface area contributed by atoms with Crippen molar-refractivity contribution in [2.45, 2.75) is 0 Å². The van der Waals surface area contributed by atoms with Crippen LogP contribution in [-0.2, 0) is 0 Å². The van der Waals surface area contributed by atoms with E-state index in [1.165, 1.54) is 12.7 Å². The SMILES string of the molecule is O=C(c1ccncc1)N1CCN(c2cc(-n3cncn3)ncn2)CC1. The van der Waals surface area contributed by atoms with Gasteiger partial charge in [-0.2, -0.15) is 5.10 Å². The Hall–Kier alpha value is -3.36. The number of anilines is 1. The molecule has 1 aliphatic heterocycles. The highest BCUT2D eigenvalue weighted by molar-refractivity contribution is 5.94. The van der Waals surface area contributed by atoms with Crippen molar-refractivity contribution < 1.29 is 4.79 Å². The van der Waals surface area contributed by atoms with Gasteiger partial charge in [-0.1, -0.05) is 0 Å². The summed E-state index contributed by atoms with van der Waals surface area (Å²) in [6, 6.07) is 5.35. The van der Waals surface area contributed by atoms with Gasteiger partial charge in [0.2, 0.25) is 0 Å². The van der Waals surface area contributed by atoms with E-state index in [2.05, 4.69) is 29.9 Å². The predicted molar refractivity (Wildman–Crippen MR) is 89.3 cm³/mol. The highest BCUT2D eigenvalue weighted by Gasteiger charge is 2.23. The van der Waals surface area contributed by atoms with E-state index in [9.17, 15) is 4.79 Å². The summed E-state index contributed by atoms with van der Waals surface area (Å²) in [5.41, 5.74) is 0.666. The first kappa shape index (κ1) is 15.2. The molecule has 1 saturated heterocycles. The Labute approximate surface area is 144 Å². The summed E-state index contributed by atoms with van der Waals surface area (Å²) in [7, 11) is 0. The van der Waals surface area contributed by atoms with Crippen molar-refractivity contribution in [3.05, 3.63) is 55.1 Å². The molecular weight excluding hydrogens is 320 g/mol. The zero-order valence-corrected chi connectivity index (χ0v) is 13.4. The maximum absolute atomic E-state index is 12.5. The highest BCUT2D eigenvalue weighted by atomic mass is 16.2. The van der Waals surface area contributed by atoms with Gasteiger partial charge in [0.15, 0.2) is 5.82 Å². The summed E-state index contributed by atoms with van der Waals surface area (Å²) in [6.07, 6.45) is 7.84. The van der Waals surface area contributed by atoms with Crippen molar-refractivity contribution in [3.8, 4) is 5.82 Å². The second-order valence-corrected chi connectivity index (χ2v) is 5.59. The Morgan fingerprint density at radius 3 is 2.40 bits per heavy atom. The summed E-state index contributed by atoms with van der Waals surface area (Å²) in [6.45, 7) is 2.71. The summed E-state index contributed by atoms with van der Waals surface area (Å²) in [5, 5.41) is 4.08. The molecule has 0 bridgehead atoms. The van der Waals surface area contributed by atoms with E-state index in [1.807, 2.05) is 11.0 Å². The van der Waals surface area contributed by atoms with E-state index in [0.29, 0.717) is 37.6 Å². The highest BCUT2D eigenvalue weighted by Crippen LogP contribution is 2.16. The van der Waals surface area contributed by atoms with Crippen LogP contribution in [0.15, 0.2) is 49.6 Å². The van der Waals surface area contributed by atoms with Crippen LogP contribution in [-0.4, -0.2) is 66.7 Å². The third-order valence-corrected chi connectivity index (χ3v) is 4.11. The van der Waals surface area contributed by atoms with Crippen molar-refractivity contribution in [3.63, 3.8) is 0 Å². The molecule has 9 nitrogen and oxygen atoms in total. The van der Waals surface area contributed by atoms with Crippen LogP contribution in [0.4, 0.5) is 5.82 Å². The molecule has 0 aromatic carbocycles. The molecule has 3 aromatic heterocycles. The quantitative estimate of drug-likeness (QED) is 0.684. The van der Waals surface area contributed by atoms with Crippen molar-refractivity contribution in [1.82, 2.24) is 34.6 Å². The number of hydrogen-bond donors (Lipinski definition) is 0. The lowest BCUT2D eigenvalue weighted by Crippen LogP contribution is -2.49. The Morgan fingerprint density at radius 1 is 0.920 bits per heavy atom. The number of carbonyl (C=O) groups is 1. The van der Waals surface area contributed by atoms with Gasteiger partial charge in [0.05, 0.1) is 0 Å². The normalized spacial score (nSPS) is 14.6. The topological polar surface area (TPSA) is 92.9 Å². The molecule has 0 aliphatic carbocycles. The third-order valence-electron chi connectivity index (χ3n) is 4.11. The summed E-state index contributed by atoms with van der Waals surface area (Å²) in [5.74, 6) is 1.52. The fourth-order valence-corrected chi connectivity index (χ4v) is 2.78. The summed E-state index contributed by atoms with van der Waals surface area (Å²) in [4.78, 5) is 32.9. The average Bonchev–Trinajstić information content (AvgIpc) is 3.23. The Morgan fingerprint density at radius 2 is 1.68 bits per heavy atom. The Balaban J connectivity index is 1.44. The fraction of sp³-hybridized carbons (Fsp3) is 0.250. The number of rotatable bonds is 3. The second kappa shape index (κ2) is 6.63. The van der Waals surface area contributed by atoms with E-state index < -0.39 is 0 Å². The minimum Gasteiger partial charge on any atom is -0.353 e. The number of hydrogen-bond acceptors (Lipinski definition) is 7. The van der Waals surface area contributed by atoms with Gasteiger partial charge in [-0.25, -0.2) is 19.6 Å². The van der Waals surface area contributed by atoms with Gasteiger partial charge < -0.3 is 9.80 Å². The number of carbonyl (C=O) groups excluding carboxylic acids is 1. The second-order valence-electron chi connectivity index (χ2n) is 5.59. The number of amides is 1. The maximum Gasteiger partial charge on any atom is 0.254 e. The molecule has 0 spiro atoms. The largest absolute Gasteiger partial charge is 0.353 e. The van der Waals surface area contributed by atoms with Crippen LogP contribution < -0.4 is 4.90 Å². The first-order valence-electron chi connectivity index (χ1n) is 7.92. The monoisotopic (exact) mass is 336 g/mol. The summed E-state index contributed by atoms with van der Waals surface area (Å²) < 4.78 is 1.59. The number of piperazine rings is 1. The average molecular weight is 336 g/mol. The minimum absolute atomic E-state index is 0.0352. The molecule has 9 heteroatoms. The van der Waals surface area contributed by atoms with Crippen LogP contribution in [0.5, 0.6) is 0 Å². The van der Waals surface area contributed by atoms with Gasteiger partial charge in [-0.15, -0.1) is 0 Å². The van der Waals surface area contributed by atoms with E-state index >= 15 is 0 Å². The van der Waals surface area contributed by atoms with Crippen LogP contribution in [0, 0.1) is 0 Å². The third kappa shape index (κ3) is 3.16. The number of nitrogens with zero attached hydrogens (tertiary/aromatic N) is 8. The van der Waals surface area contributed by atoms with Gasteiger partial charge in [0, 0.05) is 50.2 Å². The standard InChI is InChI=1S/C16H16N8O/c25-16(13-1-3-17-4-2-13)23-7-5-22(6-8-23)14-9-15(20-11-19-14)24-12-18-10-21-24/h1-4,9-12H,5-8H2. The molecular formula is C16H16N8O. The Bertz CT molecular complexity index is 844. The molecule has 1 fully saturated rings. The molecule has 0 saturated carbocycles. The molecule has 0 atom stereocenters. The lowest BCUT2D eigenvalue weighted by Gasteiger charge is -2.35. The van der Waals surface area contributed by atoms with Crippen LogP contribution in [0.25, 0.3) is 5.82 Å².